The van der Waals surface area contributed by atoms with Crippen LogP contribution in [0.15, 0.2) is 22.7 Å². The van der Waals surface area contributed by atoms with E-state index in [1.165, 1.54) is 5.56 Å². The van der Waals surface area contributed by atoms with Gasteiger partial charge in [0.05, 0.1) is 13.7 Å². The molecule has 2 aromatic rings. The number of hydrogen-bond acceptors (Lipinski definition) is 6. The number of aromatic nitrogens is 2. The summed E-state index contributed by atoms with van der Waals surface area (Å²) in [5, 5.41) is 7.16. The first-order chi connectivity index (χ1) is 10.8. The van der Waals surface area contributed by atoms with Crippen LogP contribution in [0.5, 0.6) is 11.5 Å². The van der Waals surface area contributed by atoms with Gasteiger partial charge in [0.2, 0.25) is 5.89 Å². The number of rotatable bonds is 6. The molecular formula is C16H21N3O3. The molecule has 22 heavy (non-hydrogen) atoms. The number of anilines is 1. The summed E-state index contributed by atoms with van der Waals surface area (Å²) < 4.78 is 16.2. The molecule has 6 nitrogen and oxygen atoms in total. The van der Waals surface area contributed by atoms with Gasteiger partial charge >= 0.3 is 0 Å². The van der Waals surface area contributed by atoms with E-state index >= 15 is 0 Å². The van der Waals surface area contributed by atoms with E-state index in [0.717, 1.165) is 37.3 Å². The minimum Gasteiger partial charge on any atom is -0.497 e. The van der Waals surface area contributed by atoms with Gasteiger partial charge in [0, 0.05) is 24.9 Å². The fourth-order valence-corrected chi connectivity index (χ4v) is 2.55. The van der Waals surface area contributed by atoms with Crippen molar-refractivity contribution in [3.8, 4) is 11.5 Å². The third-order valence-electron chi connectivity index (χ3n) is 3.74. The number of methoxy groups -OCH3 is 1. The van der Waals surface area contributed by atoms with E-state index in [-0.39, 0.29) is 0 Å². The molecule has 118 valence electrons. The molecule has 0 radical (unpaired) electrons. The monoisotopic (exact) mass is 303 g/mol. The van der Waals surface area contributed by atoms with E-state index in [0.29, 0.717) is 24.4 Å². The molecule has 0 amide bonds. The van der Waals surface area contributed by atoms with Gasteiger partial charge in [0.15, 0.2) is 0 Å². The lowest BCUT2D eigenvalue weighted by atomic mass is 9.96. The lowest BCUT2D eigenvalue weighted by Crippen LogP contribution is -2.27. The molecule has 0 saturated heterocycles. The molecule has 1 atom stereocenters. The predicted octanol–water partition coefficient (Wildman–Crippen LogP) is 2.69. The Hall–Kier alpha value is -2.24. The third kappa shape index (κ3) is 3.32. The molecule has 1 aromatic heterocycles. The van der Waals surface area contributed by atoms with Crippen LogP contribution in [0.25, 0.3) is 0 Å². The number of nitrogens with one attached hydrogen (secondary N) is 1. The topological polar surface area (TPSA) is 69.4 Å². The standard InChI is InChI=1S/C16H21N3O3/c1-3-4-15-18-16(19-22-15)17-9-11-7-12-5-6-13(20-2)8-14(12)21-10-11/h5-6,8,11H,3-4,7,9-10H2,1-2H3,(H,17,19). The zero-order valence-electron chi connectivity index (χ0n) is 13.0. The summed E-state index contributed by atoms with van der Waals surface area (Å²) >= 11 is 0. The van der Waals surface area contributed by atoms with Crippen LogP contribution in [0.1, 0.15) is 24.8 Å². The third-order valence-corrected chi connectivity index (χ3v) is 3.74. The predicted molar refractivity (Wildman–Crippen MR) is 82.5 cm³/mol. The summed E-state index contributed by atoms with van der Waals surface area (Å²) in [4.78, 5) is 4.31. The normalized spacial score (nSPS) is 16.7. The van der Waals surface area contributed by atoms with Crippen LogP contribution in [0.4, 0.5) is 5.95 Å². The molecular weight excluding hydrogens is 282 g/mol. The molecule has 6 heteroatoms. The first-order valence-corrected chi connectivity index (χ1v) is 7.64. The van der Waals surface area contributed by atoms with Crippen molar-refractivity contribution in [2.45, 2.75) is 26.2 Å². The van der Waals surface area contributed by atoms with Crippen molar-refractivity contribution >= 4 is 5.95 Å². The Balaban J connectivity index is 1.55. The number of benzene rings is 1. The van der Waals surface area contributed by atoms with Gasteiger partial charge in [0.25, 0.3) is 5.95 Å². The van der Waals surface area contributed by atoms with Crippen LogP contribution in [0.3, 0.4) is 0 Å². The summed E-state index contributed by atoms with van der Waals surface area (Å²) in [5.41, 5.74) is 1.21. The Morgan fingerprint density at radius 3 is 3.14 bits per heavy atom. The Morgan fingerprint density at radius 1 is 1.41 bits per heavy atom. The Kier molecular flexibility index (Phi) is 4.46. The number of fused-ring (bicyclic) bond motifs is 1. The molecule has 0 fully saturated rings. The van der Waals surface area contributed by atoms with Gasteiger partial charge in [-0.2, -0.15) is 4.98 Å². The maximum Gasteiger partial charge on any atom is 0.263 e. The van der Waals surface area contributed by atoms with E-state index in [1.807, 2.05) is 12.1 Å². The fourth-order valence-electron chi connectivity index (χ4n) is 2.55. The Bertz CT molecular complexity index is 627. The van der Waals surface area contributed by atoms with Crippen molar-refractivity contribution in [3.05, 3.63) is 29.7 Å². The maximum absolute atomic E-state index is 5.83. The molecule has 3 rings (SSSR count). The van der Waals surface area contributed by atoms with E-state index in [1.54, 1.807) is 7.11 Å². The summed E-state index contributed by atoms with van der Waals surface area (Å²) in [6, 6.07) is 5.97. The fraction of sp³-hybridized carbons (Fsp3) is 0.500. The second-order valence-corrected chi connectivity index (χ2v) is 5.50. The molecule has 1 aromatic carbocycles. The van der Waals surface area contributed by atoms with Crippen LogP contribution in [-0.2, 0) is 12.8 Å². The zero-order chi connectivity index (χ0) is 15.4. The smallest absolute Gasteiger partial charge is 0.263 e. The highest BCUT2D eigenvalue weighted by Crippen LogP contribution is 2.30. The Morgan fingerprint density at radius 2 is 2.32 bits per heavy atom. The highest BCUT2D eigenvalue weighted by molar-refractivity contribution is 5.42. The van der Waals surface area contributed by atoms with Gasteiger partial charge in [-0.3, -0.25) is 0 Å². The molecule has 1 aliphatic rings. The summed E-state index contributed by atoms with van der Waals surface area (Å²) in [6.45, 7) is 3.52. The highest BCUT2D eigenvalue weighted by Gasteiger charge is 2.20. The lowest BCUT2D eigenvalue weighted by Gasteiger charge is -2.25. The lowest BCUT2D eigenvalue weighted by molar-refractivity contribution is 0.228. The largest absolute Gasteiger partial charge is 0.497 e. The van der Waals surface area contributed by atoms with Gasteiger partial charge in [-0.05, 0) is 29.6 Å². The first-order valence-electron chi connectivity index (χ1n) is 7.64. The number of nitrogens with zero attached hydrogens (tertiary/aromatic N) is 2. The van der Waals surface area contributed by atoms with Gasteiger partial charge < -0.3 is 19.3 Å². The molecule has 1 unspecified atom stereocenters. The van der Waals surface area contributed by atoms with Gasteiger partial charge in [-0.15, -0.1) is 0 Å². The minimum absolute atomic E-state index is 0.383. The SMILES string of the molecule is CCCc1nc(NCC2COc3cc(OC)ccc3C2)no1. The van der Waals surface area contributed by atoms with Gasteiger partial charge in [0.1, 0.15) is 11.5 Å². The second-order valence-electron chi connectivity index (χ2n) is 5.50. The maximum atomic E-state index is 5.83. The van der Waals surface area contributed by atoms with Crippen LogP contribution in [-0.4, -0.2) is 30.4 Å². The van der Waals surface area contributed by atoms with Crippen molar-refractivity contribution < 1.29 is 14.0 Å². The molecule has 1 aliphatic heterocycles. The van der Waals surface area contributed by atoms with Gasteiger partial charge in [-0.25, -0.2) is 0 Å². The molecule has 0 spiro atoms. The van der Waals surface area contributed by atoms with Crippen molar-refractivity contribution in [2.75, 3.05) is 25.6 Å². The van der Waals surface area contributed by atoms with Crippen molar-refractivity contribution in [1.29, 1.82) is 0 Å². The van der Waals surface area contributed by atoms with E-state index in [4.69, 9.17) is 14.0 Å². The molecule has 2 heterocycles. The minimum atomic E-state index is 0.383. The highest BCUT2D eigenvalue weighted by atomic mass is 16.5. The van der Waals surface area contributed by atoms with Crippen LogP contribution < -0.4 is 14.8 Å². The van der Waals surface area contributed by atoms with Crippen LogP contribution in [0.2, 0.25) is 0 Å². The average molecular weight is 303 g/mol. The summed E-state index contributed by atoms with van der Waals surface area (Å²) in [6.07, 6.45) is 2.78. The number of hydrogen-bond donors (Lipinski definition) is 1. The van der Waals surface area contributed by atoms with Crippen LogP contribution >= 0.6 is 0 Å². The number of ether oxygens (including phenoxy) is 2. The summed E-state index contributed by atoms with van der Waals surface area (Å²) in [7, 11) is 1.66. The molecule has 0 bridgehead atoms. The van der Waals surface area contributed by atoms with Gasteiger partial charge in [-0.1, -0.05) is 13.0 Å². The zero-order valence-corrected chi connectivity index (χ0v) is 13.0. The molecule has 0 saturated carbocycles. The second kappa shape index (κ2) is 6.68. The van der Waals surface area contributed by atoms with E-state index < -0.39 is 0 Å². The van der Waals surface area contributed by atoms with Crippen molar-refractivity contribution in [1.82, 2.24) is 10.1 Å². The van der Waals surface area contributed by atoms with Crippen molar-refractivity contribution in [3.63, 3.8) is 0 Å². The van der Waals surface area contributed by atoms with Crippen LogP contribution in [0, 0.1) is 5.92 Å². The Labute approximate surface area is 129 Å². The quantitative estimate of drug-likeness (QED) is 0.885. The number of aryl methyl sites for hydroxylation is 1. The summed E-state index contributed by atoms with van der Waals surface area (Å²) in [5.74, 6) is 3.37. The molecule has 1 N–H and O–H groups in total. The van der Waals surface area contributed by atoms with Crippen molar-refractivity contribution in [2.24, 2.45) is 5.92 Å². The molecule has 0 aliphatic carbocycles. The average Bonchev–Trinajstić information content (AvgIpc) is 3.00. The van der Waals surface area contributed by atoms with E-state index in [9.17, 15) is 0 Å². The van der Waals surface area contributed by atoms with E-state index in [2.05, 4.69) is 28.4 Å². The first kappa shape index (κ1) is 14.7.